The fourth-order valence-corrected chi connectivity index (χ4v) is 3.95. The molecule has 146 valence electrons. The van der Waals surface area contributed by atoms with Gasteiger partial charge in [-0.15, -0.1) is 36.2 Å². The lowest BCUT2D eigenvalue weighted by Gasteiger charge is -2.35. The highest BCUT2D eigenvalue weighted by molar-refractivity contribution is 7.13. The second-order valence-electron chi connectivity index (χ2n) is 5.96. The number of nitrogens with zero attached hydrogens (tertiary/aromatic N) is 4. The zero-order valence-electron chi connectivity index (χ0n) is 15.3. The number of thiazole rings is 1. The SMILES string of the molecule is COC(C)c1nc(C)c(C(=O)N2CCNCC2c2nccn2C)s1.Cl.Cl. The summed E-state index contributed by atoms with van der Waals surface area (Å²) in [7, 11) is 3.60. The Morgan fingerprint density at radius 2 is 2.19 bits per heavy atom. The van der Waals surface area contributed by atoms with Crippen LogP contribution < -0.4 is 5.32 Å². The predicted molar refractivity (Wildman–Crippen MR) is 107 cm³/mol. The molecule has 0 saturated carbocycles. The van der Waals surface area contributed by atoms with E-state index in [-0.39, 0.29) is 42.9 Å². The van der Waals surface area contributed by atoms with Crippen LogP contribution in [0.4, 0.5) is 0 Å². The van der Waals surface area contributed by atoms with Crippen molar-refractivity contribution in [1.29, 1.82) is 0 Å². The highest BCUT2D eigenvalue weighted by Gasteiger charge is 2.33. The monoisotopic (exact) mass is 421 g/mol. The van der Waals surface area contributed by atoms with Gasteiger partial charge in [-0.05, 0) is 13.8 Å². The Balaban J connectivity index is 0.00000169. The largest absolute Gasteiger partial charge is 0.375 e. The Hall–Kier alpha value is -1.19. The van der Waals surface area contributed by atoms with Crippen LogP contribution in [-0.2, 0) is 11.8 Å². The maximum atomic E-state index is 13.2. The number of methoxy groups -OCH3 is 1. The number of rotatable bonds is 4. The summed E-state index contributed by atoms with van der Waals surface area (Å²) in [5.74, 6) is 0.914. The Kier molecular flexibility index (Phi) is 8.49. The number of aryl methyl sites for hydroxylation is 2. The van der Waals surface area contributed by atoms with Gasteiger partial charge in [-0.1, -0.05) is 0 Å². The number of nitrogens with one attached hydrogen (secondary N) is 1. The van der Waals surface area contributed by atoms with Gasteiger partial charge in [-0.25, -0.2) is 9.97 Å². The van der Waals surface area contributed by atoms with Crippen LogP contribution in [0.3, 0.4) is 0 Å². The average molecular weight is 422 g/mol. The molecule has 0 aromatic carbocycles. The number of amides is 1. The minimum atomic E-state index is -0.108. The molecule has 3 rings (SSSR count). The normalized spacial score (nSPS) is 18.0. The molecule has 1 aliphatic heterocycles. The molecule has 0 bridgehead atoms. The fraction of sp³-hybridized carbons (Fsp3) is 0.562. The first-order valence-electron chi connectivity index (χ1n) is 8.02. The zero-order valence-corrected chi connectivity index (χ0v) is 17.7. The molecule has 0 radical (unpaired) electrons. The molecule has 2 atom stereocenters. The smallest absolute Gasteiger partial charge is 0.266 e. The summed E-state index contributed by atoms with van der Waals surface area (Å²) >= 11 is 1.42. The molecule has 0 aliphatic carbocycles. The van der Waals surface area contributed by atoms with Crippen molar-refractivity contribution in [2.45, 2.75) is 26.0 Å². The summed E-state index contributed by atoms with van der Waals surface area (Å²) in [6.07, 6.45) is 3.56. The van der Waals surface area contributed by atoms with Crippen molar-refractivity contribution in [3.05, 3.63) is 33.8 Å². The van der Waals surface area contributed by atoms with E-state index >= 15 is 0 Å². The molecule has 2 aromatic rings. The van der Waals surface area contributed by atoms with E-state index in [0.717, 1.165) is 23.1 Å². The van der Waals surface area contributed by atoms with Crippen molar-refractivity contribution < 1.29 is 9.53 Å². The lowest BCUT2D eigenvalue weighted by Crippen LogP contribution is -2.49. The highest BCUT2D eigenvalue weighted by atomic mass is 35.5. The summed E-state index contributed by atoms with van der Waals surface area (Å²) in [5.41, 5.74) is 0.765. The van der Waals surface area contributed by atoms with Crippen molar-refractivity contribution in [1.82, 2.24) is 24.8 Å². The molecule has 10 heteroatoms. The van der Waals surface area contributed by atoms with Gasteiger partial charge in [0, 0.05) is 46.2 Å². The van der Waals surface area contributed by atoms with Gasteiger partial charge in [0.1, 0.15) is 27.9 Å². The van der Waals surface area contributed by atoms with Crippen LogP contribution in [0.1, 0.15) is 45.3 Å². The lowest BCUT2D eigenvalue weighted by atomic mass is 10.1. The number of hydrogen-bond acceptors (Lipinski definition) is 6. The number of imidazole rings is 1. The van der Waals surface area contributed by atoms with E-state index in [4.69, 9.17) is 4.74 Å². The average Bonchev–Trinajstić information content (AvgIpc) is 3.19. The van der Waals surface area contributed by atoms with Crippen LogP contribution in [0.15, 0.2) is 12.4 Å². The number of aromatic nitrogens is 3. The van der Waals surface area contributed by atoms with Gasteiger partial charge >= 0.3 is 0 Å². The maximum Gasteiger partial charge on any atom is 0.266 e. The molecule has 1 saturated heterocycles. The fourth-order valence-electron chi connectivity index (χ4n) is 2.90. The quantitative estimate of drug-likeness (QED) is 0.820. The van der Waals surface area contributed by atoms with E-state index in [9.17, 15) is 4.79 Å². The number of ether oxygens (including phenoxy) is 1. The van der Waals surface area contributed by atoms with Crippen LogP contribution >= 0.6 is 36.2 Å². The number of piperazine rings is 1. The lowest BCUT2D eigenvalue weighted by molar-refractivity contribution is 0.0625. The molecule has 1 aliphatic rings. The first-order chi connectivity index (χ1) is 11.5. The van der Waals surface area contributed by atoms with Gasteiger partial charge in [-0.3, -0.25) is 4.79 Å². The molecule has 26 heavy (non-hydrogen) atoms. The molecule has 2 aromatic heterocycles. The Morgan fingerprint density at radius 3 is 2.81 bits per heavy atom. The minimum Gasteiger partial charge on any atom is -0.375 e. The van der Waals surface area contributed by atoms with Gasteiger partial charge in [-0.2, -0.15) is 0 Å². The van der Waals surface area contributed by atoms with Crippen molar-refractivity contribution in [3.8, 4) is 0 Å². The topological polar surface area (TPSA) is 72.3 Å². The molecule has 3 heterocycles. The van der Waals surface area contributed by atoms with Crippen molar-refractivity contribution >= 4 is 42.1 Å². The summed E-state index contributed by atoms with van der Waals surface area (Å²) in [5, 5.41) is 4.19. The van der Waals surface area contributed by atoms with E-state index < -0.39 is 0 Å². The summed E-state index contributed by atoms with van der Waals surface area (Å²) < 4.78 is 7.29. The van der Waals surface area contributed by atoms with Gasteiger partial charge in [0.15, 0.2) is 0 Å². The van der Waals surface area contributed by atoms with Crippen molar-refractivity contribution in [2.24, 2.45) is 7.05 Å². The van der Waals surface area contributed by atoms with Gasteiger partial charge < -0.3 is 19.5 Å². The number of halogens is 2. The van der Waals surface area contributed by atoms with E-state index in [1.807, 2.05) is 36.6 Å². The molecule has 1 amide bonds. The van der Waals surface area contributed by atoms with Crippen LogP contribution in [-0.4, -0.2) is 52.1 Å². The Morgan fingerprint density at radius 1 is 1.46 bits per heavy atom. The van der Waals surface area contributed by atoms with Gasteiger partial charge in [0.25, 0.3) is 5.91 Å². The Bertz CT molecular complexity index is 736. The zero-order chi connectivity index (χ0) is 17.3. The van der Waals surface area contributed by atoms with E-state index in [2.05, 4.69) is 15.3 Å². The third-order valence-electron chi connectivity index (χ3n) is 4.37. The molecule has 0 spiro atoms. The van der Waals surface area contributed by atoms with E-state index in [1.54, 1.807) is 13.3 Å². The molecular weight excluding hydrogens is 397 g/mol. The van der Waals surface area contributed by atoms with Crippen molar-refractivity contribution in [2.75, 3.05) is 26.7 Å². The van der Waals surface area contributed by atoms with Gasteiger partial charge in [0.05, 0.1) is 5.69 Å². The summed E-state index contributed by atoms with van der Waals surface area (Å²) in [6.45, 7) is 5.96. The number of carbonyl (C=O) groups excluding carboxylic acids is 1. The van der Waals surface area contributed by atoms with Crippen LogP contribution in [0.25, 0.3) is 0 Å². The van der Waals surface area contributed by atoms with E-state index in [0.29, 0.717) is 18.0 Å². The molecule has 7 nitrogen and oxygen atoms in total. The standard InChI is InChI=1S/C16H23N5O2S.2ClH/c1-10-13(24-15(19-10)11(2)23-4)16(22)21-8-5-17-9-12(21)14-18-6-7-20(14)3;;/h6-7,11-12,17H,5,8-9H2,1-4H3;2*1H. The van der Waals surface area contributed by atoms with Crippen LogP contribution in [0.2, 0.25) is 0 Å². The molecule has 1 fully saturated rings. The molecule has 1 N–H and O–H groups in total. The second kappa shape index (κ2) is 9.66. The minimum absolute atomic E-state index is 0. The highest BCUT2D eigenvalue weighted by Crippen LogP contribution is 2.29. The third-order valence-corrected chi connectivity index (χ3v) is 5.68. The first-order valence-corrected chi connectivity index (χ1v) is 8.83. The van der Waals surface area contributed by atoms with Crippen LogP contribution in [0, 0.1) is 6.92 Å². The van der Waals surface area contributed by atoms with Crippen LogP contribution in [0.5, 0.6) is 0 Å². The third kappa shape index (κ3) is 4.37. The van der Waals surface area contributed by atoms with Gasteiger partial charge in [0.2, 0.25) is 0 Å². The van der Waals surface area contributed by atoms with E-state index in [1.165, 1.54) is 11.3 Å². The van der Waals surface area contributed by atoms with Crippen molar-refractivity contribution in [3.63, 3.8) is 0 Å². The maximum absolute atomic E-state index is 13.2. The Labute approximate surface area is 170 Å². The molecule has 2 unspecified atom stereocenters. The first kappa shape index (κ1) is 22.9. The summed E-state index contributed by atoms with van der Waals surface area (Å²) in [4.78, 5) is 24.7. The second-order valence-corrected chi connectivity index (χ2v) is 6.99. The number of carbonyl (C=O) groups is 1. The summed E-state index contributed by atoms with van der Waals surface area (Å²) in [6, 6.07) is -0.0731. The number of hydrogen-bond donors (Lipinski definition) is 1. The predicted octanol–water partition coefficient (Wildman–Crippen LogP) is 2.52. The molecular formula is C16H25Cl2N5O2S.